The van der Waals surface area contributed by atoms with Crippen LogP contribution in [0, 0.1) is 12.7 Å². The van der Waals surface area contributed by atoms with Crippen LogP contribution < -0.4 is 11.1 Å². The fraction of sp³-hybridized carbons (Fsp3) is 0.273. The molecule has 0 aliphatic heterocycles. The van der Waals surface area contributed by atoms with E-state index in [-0.39, 0.29) is 10.6 Å². The summed E-state index contributed by atoms with van der Waals surface area (Å²) >= 11 is 4.71. The smallest absolute Gasteiger partial charge is 0.254 e. The molecule has 0 fully saturated rings. The third-order valence-electron chi connectivity index (χ3n) is 2.14. The van der Waals surface area contributed by atoms with Gasteiger partial charge in [0.15, 0.2) is 0 Å². The van der Waals surface area contributed by atoms with Crippen LogP contribution in [0.25, 0.3) is 0 Å². The largest absolute Gasteiger partial charge is 0.392 e. The molecule has 0 aliphatic rings. The van der Waals surface area contributed by atoms with Crippen LogP contribution in [0.3, 0.4) is 0 Å². The van der Waals surface area contributed by atoms with E-state index in [9.17, 15) is 9.18 Å². The van der Waals surface area contributed by atoms with Gasteiger partial charge in [-0.25, -0.2) is 4.39 Å². The maximum Gasteiger partial charge on any atom is 0.254 e. The Bertz CT molecular complexity index is 434. The van der Waals surface area contributed by atoms with Gasteiger partial charge in [-0.2, -0.15) is 0 Å². The first-order valence-corrected chi connectivity index (χ1v) is 5.19. The average Bonchev–Trinajstić information content (AvgIpc) is 2.16. The zero-order chi connectivity index (χ0) is 12.3. The van der Waals surface area contributed by atoms with Crippen molar-refractivity contribution in [1.29, 1.82) is 0 Å². The van der Waals surface area contributed by atoms with Crippen molar-refractivity contribution in [2.45, 2.75) is 19.9 Å². The minimum absolute atomic E-state index is 0.00583. The Morgan fingerprint density at radius 1 is 1.56 bits per heavy atom. The number of halogens is 1. The van der Waals surface area contributed by atoms with Crippen molar-refractivity contribution in [3.63, 3.8) is 0 Å². The van der Waals surface area contributed by atoms with Crippen molar-refractivity contribution in [3.05, 3.63) is 35.1 Å². The van der Waals surface area contributed by atoms with Crippen molar-refractivity contribution in [2.24, 2.45) is 5.73 Å². The summed E-state index contributed by atoms with van der Waals surface area (Å²) < 4.78 is 13.4. The van der Waals surface area contributed by atoms with Gasteiger partial charge in [0, 0.05) is 0 Å². The third kappa shape index (κ3) is 3.00. The number of rotatable bonds is 3. The molecule has 0 saturated heterocycles. The molecule has 1 atom stereocenters. The highest BCUT2D eigenvalue weighted by Crippen LogP contribution is 2.09. The van der Waals surface area contributed by atoms with Crippen LogP contribution in [0.15, 0.2) is 18.2 Å². The van der Waals surface area contributed by atoms with E-state index in [4.69, 9.17) is 18.0 Å². The van der Waals surface area contributed by atoms with Gasteiger partial charge in [0.05, 0.1) is 16.6 Å². The van der Waals surface area contributed by atoms with E-state index in [2.05, 4.69) is 5.32 Å². The maximum atomic E-state index is 13.4. The zero-order valence-electron chi connectivity index (χ0n) is 9.08. The molecule has 1 rings (SSSR count). The summed E-state index contributed by atoms with van der Waals surface area (Å²) in [5.41, 5.74) is 6.10. The van der Waals surface area contributed by atoms with E-state index >= 15 is 0 Å². The van der Waals surface area contributed by atoms with Gasteiger partial charge < -0.3 is 11.1 Å². The normalized spacial score (nSPS) is 11.9. The van der Waals surface area contributed by atoms with Crippen LogP contribution in [-0.4, -0.2) is 16.9 Å². The number of carbonyl (C=O) groups is 1. The number of carbonyl (C=O) groups excluding carboxylic acids is 1. The van der Waals surface area contributed by atoms with Gasteiger partial charge in [0.2, 0.25) is 0 Å². The fourth-order valence-electron chi connectivity index (χ4n) is 1.15. The molecule has 0 radical (unpaired) electrons. The van der Waals surface area contributed by atoms with Crippen molar-refractivity contribution in [2.75, 3.05) is 0 Å². The first kappa shape index (κ1) is 12.6. The lowest BCUT2D eigenvalue weighted by Crippen LogP contribution is -2.41. The van der Waals surface area contributed by atoms with Crippen LogP contribution >= 0.6 is 12.2 Å². The highest BCUT2D eigenvalue weighted by Gasteiger charge is 2.14. The maximum absolute atomic E-state index is 13.4. The van der Waals surface area contributed by atoms with Gasteiger partial charge in [-0.1, -0.05) is 18.3 Å². The Morgan fingerprint density at radius 3 is 2.69 bits per heavy atom. The molecule has 0 saturated carbocycles. The van der Waals surface area contributed by atoms with Crippen molar-refractivity contribution < 1.29 is 9.18 Å². The summed E-state index contributed by atoms with van der Waals surface area (Å²) in [5, 5.41) is 2.51. The monoisotopic (exact) mass is 240 g/mol. The second-order valence-electron chi connectivity index (χ2n) is 3.58. The standard InChI is InChI=1S/C11H13FN2OS/c1-6-3-4-8(9(12)5-6)11(15)14-7(2)10(13)16/h3-5,7H,1-2H3,(H2,13,16)(H,14,15). The van der Waals surface area contributed by atoms with Gasteiger partial charge in [-0.3, -0.25) is 4.79 Å². The molecule has 0 heterocycles. The quantitative estimate of drug-likeness (QED) is 0.788. The molecule has 1 aromatic carbocycles. The Hall–Kier alpha value is -1.49. The lowest BCUT2D eigenvalue weighted by Gasteiger charge is -2.12. The Kier molecular flexibility index (Phi) is 3.95. The minimum atomic E-state index is -0.548. The summed E-state index contributed by atoms with van der Waals surface area (Å²) in [4.78, 5) is 11.8. The van der Waals surface area contributed by atoms with Gasteiger partial charge in [-0.15, -0.1) is 0 Å². The van der Waals surface area contributed by atoms with Crippen molar-refractivity contribution >= 4 is 23.1 Å². The summed E-state index contributed by atoms with van der Waals surface area (Å²) in [7, 11) is 0. The van der Waals surface area contributed by atoms with Crippen LogP contribution in [0.2, 0.25) is 0 Å². The number of nitrogens with one attached hydrogen (secondary N) is 1. The lowest BCUT2D eigenvalue weighted by atomic mass is 10.1. The molecule has 0 aromatic heterocycles. The molecule has 0 bridgehead atoms. The summed E-state index contributed by atoms with van der Waals surface area (Å²) in [5.74, 6) is -1.06. The molecule has 86 valence electrons. The number of hydrogen-bond acceptors (Lipinski definition) is 2. The molecular weight excluding hydrogens is 227 g/mol. The Labute approximate surface area is 98.8 Å². The molecule has 0 aliphatic carbocycles. The summed E-state index contributed by atoms with van der Waals surface area (Å²) in [6.07, 6.45) is 0. The number of amides is 1. The van der Waals surface area contributed by atoms with E-state index < -0.39 is 17.8 Å². The third-order valence-corrected chi connectivity index (χ3v) is 2.50. The first-order chi connectivity index (χ1) is 7.41. The van der Waals surface area contributed by atoms with Crippen LogP contribution in [0.1, 0.15) is 22.8 Å². The van der Waals surface area contributed by atoms with E-state index in [0.717, 1.165) is 5.56 Å². The lowest BCUT2D eigenvalue weighted by molar-refractivity contribution is 0.0945. The zero-order valence-corrected chi connectivity index (χ0v) is 9.90. The van der Waals surface area contributed by atoms with Gasteiger partial charge in [0.25, 0.3) is 5.91 Å². The van der Waals surface area contributed by atoms with Gasteiger partial charge in [0.1, 0.15) is 5.82 Å². The first-order valence-electron chi connectivity index (χ1n) is 4.78. The second kappa shape index (κ2) is 5.03. The number of hydrogen-bond donors (Lipinski definition) is 2. The SMILES string of the molecule is Cc1ccc(C(=O)NC(C)C(N)=S)c(F)c1. The molecule has 16 heavy (non-hydrogen) atoms. The van der Waals surface area contributed by atoms with Gasteiger partial charge >= 0.3 is 0 Å². The fourth-order valence-corrected chi connectivity index (χ4v) is 1.21. The highest BCUT2D eigenvalue weighted by molar-refractivity contribution is 7.80. The van der Waals surface area contributed by atoms with E-state index in [0.29, 0.717) is 0 Å². The second-order valence-corrected chi connectivity index (χ2v) is 4.05. The molecule has 5 heteroatoms. The highest BCUT2D eigenvalue weighted by atomic mass is 32.1. The van der Waals surface area contributed by atoms with E-state index in [1.807, 2.05) is 0 Å². The molecule has 1 unspecified atom stereocenters. The predicted octanol–water partition coefficient (Wildman–Crippen LogP) is 1.54. The van der Waals surface area contributed by atoms with Crippen LogP contribution in [-0.2, 0) is 0 Å². The topological polar surface area (TPSA) is 55.1 Å². The minimum Gasteiger partial charge on any atom is -0.392 e. The number of nitrogens with two attached hydrogens (primary N) is 1. The Balaban J connectivity index is 2.85. The molecule has 0 spiro atoms. The Morgan fingerprint density at radius 2 is 2.19 bits per heavy atom. The van der Waals surface area contributed by atoms with E-state index in [1.165, 1.54) is 12.1 Å². The molecule has 3 nitrogen and oxygen atoms in total. The van der Waals surface area contributed by atoms with Crippen molar-refractivity contribution in [3.8, 4) is 0 Å². The van der Waals surface area contributed by atoms with Crippen LogP contribution in [0.5, 0.6) is 0 Å². The number of benzene rings is 1. The summed E-state index contributed by atoms with van der Waals surface area (Å²) in [6.45, 7) is 3.40. The molecule has 1 aromatic rings. The average molecular weight is 240 g/mol. The van der Waals surface area contributed by atoms with Gasteiger partial charge in [-0.05, 0) is 31.5 Å². The molecule has 3 N–H and O–H groups in total. The van der Waals surface area contributed by atoms with Crippen molar-refractivity contribution in [1.82, 2.24) is 5.32 Å². The molecule has 1 amide bonds. The van der Waals surface area contributed by atoms with E-state index in [1.54, 1.807) is 19.9 Å². The van der Waals surface area contributed by atoms with Crippen LogP contribution in [0.4, 0.5) is 4.39 Å². The summed E-state index contributed by atoms with van der Waals surface area (Å²) in [6, 6.07) is 3.96. The number of aryl methyl sites for hydroxylation is 1. The molecular formula is C11H13FN2OS. The number of thiocarbonyl (C=S) groups is 1. The predicted molar refractivity (Wildman–Crippen MR) is 64.9 cm³/mol.